The summed E-state index contributed by atoms with van der Waals surface area (Å²) in [6, 6.07) is 0.649. The number of hydrogen-bond donors (Lipinski definition) is 1. The number of rotatable bonds is 3. The lowest BCUT2D eigenvalue weighted by Crippen LogP contribution is -2.48. The first-order chi connectivity index (χ1) is 9.22. The lowest BCUT2D eigenvalue weighted by molar-refractivity contribution is -0.0416. The monoisotopic (exact) mass is 263 g/mol. The third-order valence-corrected chi connectivity index (χ3v) is 4.04. The number of aryl methyl sites for hydroxylation is 2. The molecule has 0 aromatic carbocycles. The molecule has 0 saturated carbocycles. The normalized spacial score (nSPS) is 27.3. The van der Waals surface area contributed by atoms with E-state index >= 15 is 0 Å². The van der Waals surface area contributed by atoms with Gasteiger partial charge in [0, 0.05) is 19.1 Å². The van der Waals surface area contributed by atoms with Crippen LogP contribution in [0.15, 0.2) is 0 Å². The summed E-state index contributed by atoms with van der Waals surface area (Å²) in [4.78, 5) is 6.91. The van der Waals surface area contributed by atoms with E-state index in [-0.39, 0.29) is 6.10 Å². The number of anilines is 1. The van der Waals surface area contributed by atoms with Gasteiger partial charge in [-0.1, -0.05) is 0 Å². The van der Waals surface area contributed by atoms with Crippen LogP contribution in [0.25, 0.3) is 0 Å². The van der Waals surface area contributed by atoms with Gasteiger partial charge in [0.05, 0.1) is 24.1 Å². The third kappa shape index (κ3) is 2.84. The van der Waals surface area contributed by atoms with E-state index < -0.39 is 0 Å². The first kappa shape index (κ1) is 12.7. The van der Waals surface area contributed by atoms with E-state index in [4.69, 9.17) is 4.74 Å². The molecule has 3 rings (SSSR count). The average molecular weight is 263 g/mol. The molecule has 2 aliphatic rings. The number of aromatic nitrogens is 3. The number of morpholine rings is 1. The molecule has 2 fully saturated rings. The molecule has 0 bridgehead atoms. The highest BCUT2D eigenvalue weighted by Crippen LogP contribution is 2.22. The second-order valence-electron chi connectivity index (χ2n) is 5.43. The summed E-state index contributed by atoms with van der Waals surface area (Å²) < 4.78 is 5.89. The largest absolute Gasteiger partial charge is 0.373 e. The van der Waals surface area contributed by atoms with Gasteiger partial charge in [-0.05, 0) is 33.2 Å². The zero-order valence-electron chi connectivity index (χ0n) is 11.6. The Labute approximate surface area is 113 Å². The Balaban J connectivity index is 1.53. The molecule has 104 valence electrons. The van der Waals surface area contributed by atoms with Gasteiger partial charge in [0.2, 0.25) is 5.95 Å². The van der Waals surface area contributed by atoms with Crippen molar-refractivity contribution in [2.45, 2.75) is 38.8 Å². The zero-order chi connectivity index (χ0) is 13.2. The van der Waals surface area contributed by atoms with Crippen molar-refractivity contribution in [3.8, 4) is 0 Å². The van der Waals surface area contributed by atoms with Crippen LogP contribution >= 0.6 is 0 Å². The van der Waals surface area contributed by atoms with Crippen LogP contribution in [0.2, 0.25) is 0 Å². The standard InChI is InChI=1S/C13H21N5O/c1-9-10(2)16-17-13(15-9)14-6-12-7-18-5-3-4-11(18)8-19-12/h11-12H,3-8H2,1-2H3,(H,14,15,17). The Morgan fingerprint density at radius 2 is 2.21 bits per heavy atom. The van der Waals surface area contributed by atoms with E-state index in [1.165, 1.54) is 19.4 Å². The zero-order valence-corrected chi connectivity index (χ0v) is 11.6. The van der Waals surface area contributed by atoms with Crippen LogP contribution in [-0.4, -0.2) is 58.5 Å². The van der Waals surface area contributed by atoms with Crippen LogP contribution in [0.5, 0.6) is 0 Å². The molecule has 1 N–H and O–H groups in total. The Morgan fingerprint density at radius 1 is 1.32 bits per heavy atom. The van der Waals surface area contributed by atoms with Crippen LogP contribution in [0.1, 0.15) is 24.2 Å². The first-order valence-electron chi connectivity index (χ1n) is 7.00. The Bertz CT molecular complexity index is 453. The quantitative estimate of drug-likeness (QED) is 0.869. The van der Waals surface area contributed by atoms with Crippen molar-refractivity contribution in [3.63, 3.8) is 0 Å². The maximum absolute atomic E-state index is 5.89. The molecule has 1 aromatic rings. The van der Waals surface area contributed by atoms with Crippen molar-refractivity contribution in [3.05, 3.63) is 11.4 Å². The topological polar surface area (TPSA) is 63.2 Å². The second-order valence-corrected chi connectivity index (χ2v) is 5.43. The fourth-order valence-corrected chi connectivity index (χ4v) is 2.75. The molecular formula is C13H21N5O. The van der Waals surface area contributed by atoms with E-state index in [0.29, 0.717) is 12.0 Å². The third-order valence-electron chi connectivity index (χ3n) is 4.04. The van der Waals surface area contributed by atoms with E-state index in [9.17, 15) is 0 Å². The highest BCUT2D eigenvalue weighted by Gasteiger charge is 2.32. The minimum atomic E-state index is 0.222. The number of nitrogens with zero attached hydrogens (tertiary/aromatic N) is 4. The molecule has 2 aliphatic heterocycles. The summed E-state index contributed by atoms with van der Waals surface area (Å²) in [5.41, 5.74) is 1.79. The molecule has 2 saturated heterocycles. The minimum absolute atomic E-state index is 0.222. The van der Waals surface area contributed by atoms with Gasteiger partial charge >= 0.3 is 0 Å². The van der Waals surface area contributed by atoms with Crippen molar-refractivity contribution in [1.82, 2.24) is 20.1 Å². The molecule has 0 radical (unpaired) electrons. The summed E-state index contributed by atoms with van der Waals surface area (Å²) in [7, 11) is 0. The van der Waals surface area contributed by atoms with E-state index in [0.717, 1.165) is 31.1 Å². The minimum Gasteiger partial charge on any atom is -0.373 e. The lowest BCUT2D eigenvalue weighted by atomic mass is 10.2. The number of nitrogens with one attached hydrogen (secondary N) is 1. The molecule has 0 aliphatic carbocycles. The molecule has 2 atom stereocenters. The summed E-state index contributed by atoms with van der Waals surface area (Å²) in [6.07, 6.45) is 2.81. The van der Waals surface area contributed by atoms with Crippen molar-refractivity contribution >= 4 is 5.95 Å². The van der Waals surface area contributed by atoms with Crippen molar-refractivity contribution in [2.75, 3.05) is 31.6 Å². The van der Waals surface area contributed by atoms with Gasteiger partial charge in [0.15, 0.2) is 0 Å². The molecule has 0 spiro atoms. The van der Waals surface area contributed by atoms with Crippen molar-refractivity contribution in [1.29, 1.82) is 0 Å². The summed E-state index contributed by atoms with van der Waals surface area (Å²) in [5, 5.41) is 11.3. The predicted octanol–water partition coefficient (Wildman–Crippen LogP) is 0.764. The fraction of sp³-hybridized carbons (Fsp3) is 0.769. The highest BCUT2D eigenvalue weighted by molar-refractivity contribution is 5.24. The number of fused-ring (bicyclic) bond motifs is 1. The average Bonchev–Trinajstić information content (AvgIpc) is 2.87. The van der Waals surface area contributed by atoms with Gasteiger partial charge in [0.25, 0.3) is 0 Å². The van der Waals surface area contributed by atoms with Gasteiger partial charge < -0.3 is 10.1 Å². The van der Waals surface area contributed by atoms with Crippen LogP contribution in [0.3, 0.4) is 0 Å². The van der Waals surface area contributed by atoms with Crippen LogP contribution in [0.4, 0.5) is 5.95 Å². The summed E-state index contributed by atoms with van der Waals surface area (Å²) in [6.45, 7) is 7.69. The molecule has 1 aromatic heterocycles. The van der Waals surface area contributed by atoms with Crippen molar-refractivity contribution in [2.24, 2.45) is 0 Å². The highest BCUT2D eigenvalue weighted by atomic mass is 16.5. The molecule has 2 unspecified atom stereocenters. The second kappa shape index (κ2) is 5.38. The van der Waals surface area contributed by atoms with Gasteiger partial charge in [-0.3, -0.25) is 4.90 Å². The maximum Gasteiger partial charge on any atom is 0.243 e. The molecule has 6 heteroatoms. The molecule has 6 nitrogen and oxygen atoms in total. The van der Waals surface area contributed by atoms with Crippen molar-refractivity contribution < 1.29 is 4.74 Å². The lowest BCUT2D eigenvalue weighted by Gasteiger charge is -2.35. The van der Waals surface area contributed by atoms with E-state index in [1.807, 2.05) is 13.8 Å². The smallest absolute Gasteiger partial charge is 0.243 e. The van der Waals surface area contributed by atoms with E-state index in [2.05, 4.69) is 25.4 Å². The Hall–Kier alpha value is -1.27. The van der Waals surface area contributed by atoms with Crippen LogP contribution in [0, 0.1) is 13.8 Å². The Morgan fingerprint density at radius 3 is 3.05 bits per heavy atom. The van der Waals surface area contributed by atoms with Gasteiger partial charge in [0.1, 0.15) is 0 Å². The maximum atomic E-state index is 5.89. The molecule has 0 amide bonds. The summed E-state index contributed by atoms with van der Waals surface area (Å²) in [5.74, 6) is 0.593. The van der Waals surface area contributed by atoms with Crippen LogP contribution in [-0.2, 0) is 4.74 Å². The molecular weight excluding hydrogens is 242 g/mol. The number of ether oxygens (including phenoxy) is 1. The van der Waals surface area contributed by atoms with Gasteiger partial charge in [-0.15, -0.1) is 5.10 Å². The van der Waals surface area contributed by atoms with Gasteiger partial charge in [-0.25, -0.2) is 4.98 Å². The SMILES string of the molecule is Cc1nnc(NCC2CN3CCCC3CO2)nc1C. The van der Waals surface area contributed by atoms with E-state index in [1.54, 1.807) is 0 Å². The fourth-order valence-electron chi connectivity index (χ4n) is 2.75. The van der Waals surface area contributed by atoms with Crippen LogP contribution < -0.4 is 5.32 Å². The molecule has 3 heterocycles. The number of hydrogen-bond acceptors (Lipinski definition) is 6. The van der Waals surface area contributed by atoms with Gasteiger partial charge in [-0.2, -0.15) is 5.10 Å². The first-order valence-corrected chi connectivity index (χ1v) is 7.00. The predicted molar refractivity (Wildman–Crippen MR) is 72.1 cm³/mol. The molecule has 19 heavy (non-hydrogen) atoms. The Kier molecular flexibility index (Phi) is 3.61. The summed E-state index contributed by atoms with van der Waals surface area (Å²) >= 11 is 0.